The van der Waals surface area contributed by atoms with Crippen LogP contribution in [0, 0.1) is 12.7 Å². The third-order valence-electron chi connectivity index (χ3n) is 4.83. The highest BCUT2D eigenvalue weighted by Crippen LogP contribution is 2.30. The van der Waals surface area contributed by atoms with Crippen molar-refractivity contribution in [1.29, 1.82) is 0 Å². The van der Waals surface area contributed by atoms with Gasteiger partial charge in [0, 0.05) is 24.3 Å². The first kappa shape index (κ1) is 18.6. The van der Waals surface area contributed by atoms with Crippen LogP contribution in [0.25, 0.3) is 21.9 Å². The maximum atomic E-state index is 13.7. The van der Waals surface area contributed by atoms with Gasteiger partial charge in [-0.15, -0.1) is 0 Å². The molecule has 0 atom stereocenters. The molecule has 2 N–H and O–H groups in total. The van der Waals surface area contributed by atoms with Gasteiger partial charge < -0.3 is 10.6 Å². The number of aryl methyl sites for hydroxylation is 1. The number of hydrogen-bond acceptors (Lipinski definition) is 2. The Morgan fingerprint density at radius 3 is 2.55 bits per heavy atom. The summed E-state index contributed by atoms with van der Waals surface area (Å²) < 4.78 is 13.7. The third kappa shape index (κ3) is 4.09. The van der Waals surface area contributed by atoms with Gasteiger partial charge in [0.05, 0.1) is 5.69 Å². The lowest BCUT2D eigenvalue weighted by molar-refractivity contribution is 0.251. The predicted octanol–water partition coefficient (Wildman–Crippen LogP) is 5.67. The average molecular weight is 385 g/mol. The Hall–Kier alpha value is -3.73. The molecule has 1 heterocycles. The molecular weight excluding hydrogens is 365 g/mol. The van der Waals surface area contributed by atoms with Gasteiger partial charge in [-0.3, -0.25) is 4.98 Å². The number of nitrogens with zero attached hydrogens (tertiary/aromatic N) is 1. The van der Waals surface area contributed by atoms with Crippen LogP contribution in [0.3, 0.4) is 0 Å². The van der Waals surface area contributed by atoms with Gasteiger partial charge in [0.1, 0.15) is 5.82 Å². The molecule has 0 aliphatic rings. The summed E-state index contributed by atoms with van der Waals surface area (Å²) in [5.74, 6) is -0.472. The van der Waals surface area contributed by atoms with Crippen molar-refractivity contribution in [1.82, 2.24) is 10.3 Å². The lowest BCUT2D eigenvalue weighted by Gasteiger charge is -2.13. The topological polar surface area (TPSA) is 54.0 Å². The van der Waals surface area contributed by atoms with Gasteiger partial charge in [0.25, 0.3) is 0 Å². The Balaban J connectivity index is 1.57. The van der Waals surface area contributed by atoms with Gasteiger partial charge in [0.2, 0.25) is 0 Å². The highest BCUT2D eigenvalue weighted by Gasteiger charge is 2.10. The molecule has 0 spiro atoms. The molecule has 144 valence electrons. The van der Waals surface area contributed by atoms with Crippen LogP contribution >= 0.6 is 0 Å². The van der Waals surface area contributed by atoms with E-state index in [9.17, 15) is 9.18 Å². The number of carbonyl (C=O) groups is 1. The van der Waals surface area contributed by atoms with E-state index < -0.39 is 11.8 Å². The molecule has 4 nitrogen and oxygen atoms in total. The summed E-state index contributed by atoms with van der Waals surface area (Å²) in [5.41, 5.74) is 4.53. The number of nitrogens with one attached hydrogen (secondary N) is 2. The number of hydrogen-bond donors (Lipinski definition) is 2. The van der Waals surface area contributed by atoms with Crippen LogP contribution in [0.15, 0.2) is 79.1 Å². The van der Waals surface area contributed by atoms with Gasteiger partial charge in [0.15, 0.2) is 0 Å². The molecule has 0 aliphatic carbocycles. The van der Waals surface area contributed by atoms with Crippen LogP contribution < -0.4 is 10.6 Å². The molecule has 0 radical (unpaired) electrons. The monoisotopic (exact) mass is 385 g/mol. The Bertz CT molecular complexity index is 1170. The van der Waals surface area contributed by atoms with E-state index in [-0.39, 0.29) is 5.69 Å². The van der Waals surface area contributed by atoms with E-state index in [0.717, 1.165) is 27.5 Å². The summed E-state index contributed by atoms with van der Waals surface area (Å²) in [6.07, 6.45) is 3.57. The third-order valence-corrected chi connectivity index (χ3v) is 4.83. The summed E-state index contributed by atoms with van der Waals surface area (Å²) in [7, 11) is 0. The lowest BCUT2D eigenvalue weighted by atomic mass is 9.96. The summed E-state index contributed by atoms with van der Waals surface area (Å²) in [5, 5.41) is 7.36. The van der Waals surface area contributed by atoms with Crippen molar-refractivity contribution in [3.05, 3.63) is 96.1 Å². The quantitative estimate of drug-likeness (QED) is 0.475. The number of urea groups is 1. The SMILES string of the molecule is Cc1ccc(-c2ccc(CNC(=O)Nc3ccccc3F)c3cnccc23)cc1. The molecule has 29 heavy (non-hydrogen) atoms. The number of fused-ring (bicyclic) bond motifs is 1. The molecule has 0 aliphatic heterocycles. The minimum Gasteiger partial charge on any atom is -0.334 e. The van der Waals surface area contributed by atoms with E-state index in [4.69, 9.17) is 0 Å². The highest BCUT2D eigenvalue weighted by atomic mass is 19.1. The molecular formula is C24H20FN3O. The molecule has 1 aromatic heterocycles. The van der Waals surface area contributed by atoms with Gasteiger partial charge >= 0.3 is 6.03 Å². The maximum absolute atomic E-state index is 13.7. The second-order valence-electron chi connectivity index (χ2n) is 6.85. The summed E-state index contributed by atoms with van der Waals surface area (Å²) in [4.78, 5) is 16.4. The second kappa shape index (κ2) is 8.10. The average Bonchev–Trinajstić information content (AvgIpc) is 2.74. The zero-order valence-corrected chi connectivity index (χ0v) is 15.9. The molecule has 0 fully saturated rings. The first-order valence-electron chi connectivity index (χ1n) is 9.34. The number of amides is 2. The highest BCUT2D eigenvalue weighted by molar-refractivity contribution is 5.98. The second-order valence-corrected chi connectivity index (χ2v) is 6.85. The van der Waals surface area contributed by atoms with Gasteiger partial charge in [-0.2, -0.15) is 0 Å². The summed E-state index contributed by atoms with van der Waals surface area (Å²) >= 11 is 0. The molecule has 3 aromatic carbocycles. The standard InChI is InChI=1S/C24H20FN3O/c1-16-6-8-17(9-7-16)19-11-10-18(21-15-26-13-12-20(19)21)14-27-24(29)28-23-5-3-2-4-22(23)25/h2-13,15H,14H2,1H3,(H2,27,28,29). The van der Waals surface area contributed by atoms with Crippen LogP contribution in [-0.2, 0) is 6.54 Å². The number of rotatable bonds is 4. The van der Waals surface area contributed by atoms with Crippen molar-refractivity contribution in [2.24, 2.45) is 0 Å². The van der Waals surface area contributed by atoms with E-state index in [1.807, 2.05) is 12.1 Å². The number of benzene rings is 3. The number of aromatic nitrogens is 1. The van der Waals surface area contributed by atoms with Crippen molar-refractivity contribution < 1.29 is 9.18 Å². The minimum absolute atomic E-state index is 0.145. The van der Waals surface area contributed by atoms with Crippen LogP contribution in [-0.4, -0.2) is 11.0 Å². The van der Waals surface area contributed by atoms with E-state index in [2.05, 4.69) is 52.9 Å². The Morgan fingerprint density at radius 1 is 0.966 bits per heavy atom. The number of halogens is 1. The van der Waals surface area contributed by atoms with Crippen molar-refractivity contribution in [3.63, 3.8) is 0 Å². The van der Waals surface area contributed by atoms with Crippen molar-refractivity contribution in [2.45, 2.75) is 13.5 Å². The van der Waals surface area contributed by atoms with E-state index in [1.54, 1.807) is 24.5 Å². The number of pyridine rings is 1. The number of carbonyl (C=O) groups excluding carboxylic acids is 1. The zero-order chi connectivity index (χ0) is 20.2. The predicted molar refractivity (Wildman–Crippen MR) is 114 cm³/mol. The first-order chi connectivity index (χ1) is 14.1. The van der Waals surface area contributed by atoms with Crippen LogP contribution in [0.4, 0.5) is 14.9 Å². The Kier molecular flexibility index (Phi) is 5.20. The number of anilines is 1. The maximum Gasteiger partial charge on any atom is 0.319 e. The fraction of sp³-hybridized carbons (Fsp3) is 0.0833. The van der Waals surface area contributed by atoms with Gasteiger partial charge in [-0.25, -0.2) is 9.18 Å². The van der Waals surface area contributed by atoms with E-state index >= 15 is 0 Å². The zero-order valence-electron chi connectivity index (χ0n) is 15.9. The molecule has 4 aromatic rings. The fourth-order valence-corrected chi connectivity index (χ4v) is 3.29. The molecule has 2 amide bonds. The minimum atomic E-state index is -0.472. The Morgan fingerprint density at radius 2 is 1.76 bits per heavy atom. The van der Waals surface area contributed by atoms with E-state index in [0.29, 0.717) is 6.54 Å². The summed E-state index contributed by atoms with van der Waals surface area (Å²) in [6.45, 7) is 2.36. The molecule has 5 heteroatoms. The molecule has 4 rings (SSSR count). The molecule has 0 saturated heterocycles. The van der Waals surface area contributed by atoms with Crippen molar-refractivity contribution in [2.75, 3.05) is 5.32 Å². The van der Waals surface area contributed by atoms with Crippen LogP contribution in [0.5, 0.6) is 0 Å². The smallest absolute Gasteiger partial charge is 0.319 e. The fourth-order valence-electron chi connectivity index (χ4n) is 3.29. The normalized spacial score (nSPS) is 10.7. The first-order valence-corrected chi connectivity index (χ1v) is 9.34. The lowest BCUT2D eigenvalue weighted by Crippen LogP contribution is -2.28. The summed E-state index contributed by atoms with van der Waals surface area (Å²) in [6, 6.07) is 20.0. The molecule has 0 saturated carbocycles. The van der Waals surface area contributed by atoms with Gasteiger partial charge in [-0.05, 0) is 47.2 Å². The Labute approximate surface area is 168 Å². The van der Waals surface area contributed by atoms with Crippen LogP contribution in [0.1, 0.15) is 11.1 Å². The van der Waals surface area contributed by atoms with Crippen molar-refractivity contribution in [3.8, 4) is 11.1 Å². The number of para-hydroxylation sites is 1. The van der Waals surface area contributed by atoms with Gasteiger partial charge in [-0.1, -0.05) is 54.1 Å². The largest absolute Gasteiger partial charge is 0.334 e. The van der Waals surface area contributed by atoms with E-state index in [1.165, 1.54) is 17.7 Å². The van der Waals surface area contributed by atoms with Crippen molar-refractivity contribution >= 4 is 22.5 Å². The molecule has 0 unspecified atom stereocenters. The molecule has 0 bridgehead atoms. The van der Waals surface area contributed by atoms with Crippen LogP contribution in [0.2, 0.25) is 0 Å².